The smallest absolute Gasteiger partial charge is 0.341 e. The van der Waals surface area contributed by atoms with Crippen molar-refractivity contribution in [3.05, 3.63) is 70.4 Å². The van der Waals surface area contributed by atoms with Gasteiger partial charge in [-0.3, -0.25) is 9.78 Å². The fourth-order valence-electron chi connectivity index (χ4n) is 3.18. The number of thiophene rings is 1. The monoisotopic (exact) mass is 408 g/mol. The molecule has 0 aliphatic rings. The maximum Gasteiger partial charge on any atom is 0.341 e. The average Bonchev–Trinajstić information content (AvgIpc) is 3.05. The number of benzene rings is 1. The Morgan fingerprint density at radius 3 is 2.38 bits per heavy atom. The summed E-state index contributed by atoms with van der Waals surface area (Å²) in [5.74, 6) is -0.724. The minimum Gasteiger partial charge on any atom is -0.462 e. The number of nitrogens with zero attached hydrogens (tertiary/aromatic N) is 1. The van der Waals surface area contributed by atoms with E-state index in [0.717, 1.165) is 28.8 Å². The molecule has 0 aliphatic carbocycles. The number of amides is 1. The summed E-state index contributed by atoms with van der Waals surface area (Å²) in [6.07, 6.45) is 5.21. The number of nitrogens with one attached hydrogen (secondary N) is 1. The molecule has 0 unspecified atom stereocenters. The third-order valence-corrected chi connectivity index (χ3v) is 5.54. The topological polar surface area (TPSA) is 68.3 Å². The highest BCUT2D eigenvalue weighted by Gasteiger charge is 2.25. The van der Waals surface area contributed by atoms with E-state index in [2.05, 4.69) is 29.4 Å². The van der Waals surface area contributed by atoms with Crippen LogP contribution in [0.25, 0.3) is 11.1 Å². The van der Waals surface area contributed by atoms with Crippen LogP contribution in [0, 0.1) is 6.92 Å². The van der Waals surface area contributed by atoms with Gasteiger partial charge in [-0.2, -0.15) is 0 Å². The molecule has 2 aromatic heterocycles. The van der Waals surface area contributed by atoms with E-state index in [1.165, 1.54) is 16.9 Å². The van der Waals surface area contributed by atoms with Gasteiger partial charge in [-0.15, -0.1) is 11.3 Å². The molecule has 1 amide bonds. The number of ether oxygens (including phenoxy) is 1. The Hall–Kier alpha value is -2.99. The molecule has 6 heteroatoms. The van der Waals surface area contributed by atoms with Gasteiger partial charge in [-0.05, 0) is 43.5 Å². The Morgan fingerprint density at radius 2 is 1.76 bits per heavy atom. The molecule has 0 atom stereocenters. The maximum absolute atomic E-state index is 12.8. The fraction of sp³-hybridized carbons (Fsp3) is 0.261. The summed E-state index contributed by atoms with van der Waals surface area (Å²) < 4.78 is 5.30. The first-order valence-electron chi connectivity index (χ1n) is 9.66. The van der Waals surface area contributed by atoms with E-state index in [1.54, 1.807) is 31.5 Å². The summed E-state index contributed by atoms with van der Waals surface area (Å²) in [6.45, 7) is 6.13. The fourth-order valence-corrected chi connectivity index (χ4v) is 4.24. The van der Waals surface area contributed by atoms with Crippen LogP contribution >= 0.6 is 11.3 Å². The van der Waals surface area contributed by atoms with Crippen molar-refractivity contribution < 1.29 is 14.3 Å². The molecule has 150 valence electrons. The Balaban J connectivity index is 2.02. The zero-order valence-electron chi connectivity index (χ0n) is 16.8. The largest absolute Gasteiger partial charge is 0.462 e. The van der Waals surface area contributed by atoms with Crippen molar-refractivity contribution in [1.82, 2.24) is 4.98 Å². The average molecular weight is 409 g/mol. The van der Waals surface area contributed by atoms with Gasteiger partial charge in [0.25, 0.3) is 5.91 Å². The van der Waals surface area contributed by atoms with Crippen LogP contribution in [0.1, 0.15) is 51.4 Å². The maximum atomic E-state index is 12.8. The Bertz CT molecular complexity index is 995. The molecule has 29 heavy (non-hydrogen) atoms. The molecular weight excluding hydrogens is 384 g/mol. The van der Waals surface area contributed by atoms with Crippen LogP contribution in [0.4, 0.5) is 5.00 Å². The molecule has 1 N–H and O–H groups in total. The number of aryl methyl sites for hydroxylation is 2. The molecule has 0 saturated heterocycles. The van der Waals surface area contributed by atoms with Crippen molar-refractivity contribution in [3.63, 3.8) is 0 Å². The Morgan fingerprint density at radius 1 is 1.07 bits per heavy atom. The van der Waals surface area contributed by atoms with Gasteiger partial charge in [0.1, 0.15) is 10.6 Å². The first-order valence-corrected chi connectivity index (χ1v) is 10.5. The number of carbonyl (C=O) groups excluding carboxylic acids is 2. The van der Waals surface area contributed by atoms with Crippen LogP contribution in [0.2, 0.25) is 0 Å². The van der Waals surface area contributed by atoms with Crippen LogP contribution in [0.15, 0.2) is 48.8 Å². The zero-order chi connectivity index (χ0) is 20.8. The van der Waals surface area contributed by atoms with Gasteiger partial charge in [0.2, 0.25) is 0 Å². The number of hydrogen-bond donors (Lipinski definition) is 1. The molecule has 0 fully saturated rings. The van der Waals surface area contributed by atoms with Gasteiger partial charge in [-0.25, -0.2) is 4.79 Å². The third kappa shape index (κ3) is 4.71. The lowest BCUT2D eigenvalue weighted by atomic mass is 9.99. The lowest BCUT2D eigenvalue weighted by Gasteiger charge is -2.10. The highest BCUT2D eigenvalue weighted by Crippen LogP contribution is 2.40. The molecule has 0 radical (unpaired) electrons. The van der Waals surface area contributed by atoms with E-state index in [1.807, 2.05) is 19.1 Å². The van der Waals surface area contributed by atoms with E-state index in [4.69, 9.17) is 4.74 Å². The Labute approximate surface area is 174 Å². The second-order valence-electron chi connectivity index (χ2n) is 6.59. The van der Waals surface area contributed by atoms with Crippen molar-refractivity contribution in [2.45, 2.75) is 33.6 Å². The predicted octanol–water partition coefficient (Wildman–Crippen LogP) is 5.50. The summed E-state index contributed by atoms with van der Waals surface area (Å²) in [4.78, 5) is 30.3. The summed E-state index contributed by atoms with van der Waals surface area (Å²) in [5, 5.41) is 3.38. The summed E-state index contributed by atoms with van der Waals surface area (Å²) in [5.41, 5.74) is 3.88. The van der Waals surface area contributed by atoms with E-state index in [0.29, 0.717) is 16.1 Å². The molecule has 2 heterocycles. The van der Waals surface area contributed by atoms with E-state index < -0.39 is 5.97 Å². The molecular formula is C23H24N2O3S. The van der Waals surface area contributed by atoms with Gasteiger partial charge in [-0.1, -0.05) is 37.6 Å². The summed E-state index contributed by atoms with van der Waals surface area (Å²) >= 11 is 1.38. The van der Waals surface area contributed by atoms with Crippen LogP contribution in [-0.2, 0) is 11.2 Å². The van der Waals surface area contributed by atoms with Crippen molar-refractivity contribution in [1.29, 1.82) is 0 Å². The van der Waals surface area contributed by atoms with E-state index in [-0.39, 0.29) is 12.5 Å². The molecule has 0 saturated carbocycles. The van der Waals surface area contributed by atoms with Crippen LogP contribution in [0.5, 0.6) is 0 Å². The lowest BCUT2D eigenvalue weighted by molar-refractivity contribution is 0.0529. The van der Waals surface area contributed by atoms with Crippen molar-refractivity contribution in [2.24, 2.45) is 0 Å². The number of carbonyl (C=O) groups is 2. The molecule has 3 aromatic rings. The highest BCUT2D eigenvalue weighted by molar-refractivity contribution is 7.17. The van der Waals surface area contributed by atoms with Crippen molar-refractivity contribution in [3.8, 4) is 11.1 Å². The SMILES string of the molecule is CCCc1ccc(-c2c(C)sc(NC(=O)c3ccncc3)c2C(=O)OCC)cc1. The van der Waals surface area contributed by atoms with Crippen LogP contribution < -0.4 is 5.32 Å². The van der Waals surface area contributed by atoms with Gasteiger partial charge in [0.15, 0.2) is 0 Å². The molecule has 0 aliphatic heterocycles. The zero-order valence-corrected chi connectivity index (χ0v) is 17.6. The second kappa shape index (κ2) is 9.47. The highest BCUT2D eigenvalue weighted by atomic mass is 32.1. The molecule has 5 nitrogen and oxygen atoms in total. The molecule has 3 rings (SSSR count). The van der Waals surface area contributed by atoms with Crippen LogP contribution in [-0.4, -0.2) is 23.5 Å². The lowest BCUT2D eigenvalue weighted by Crippen LogP contribution is -2.14. The number of pyridine rings is 1. The minimum absolute atomic E-state index is 0.264. The first-order chi connectivity index (χ1) is 14.0. The van der Waals surface area contributed by atoms with E-state index >= 15 is 0 Å². The number of hydrogen-bond acceptors (Lipinski definition) is 5. The normalized spacial score (nSPS) is 10.6. The number of aromatic nitrogens is 1. The summed E-state index contributed by atoms with van der Waals surface area (Å²) in [7, 11) is 0. The number of esters is 1. The van der Waals surface area contributed by atoms with Gasteiger partial charge in [0, 0.05) is 28.4 Å². The standard InChI is InChI=1S/C23H24N2O3S/c1-4-6-16-7-9-17(10-8-16)19-15(3)29-22(20(19)23(27)28-5-2)25-21(26)18-11-13-24-14-12-18/h7-14H,4-6H2,1-3H3,(H,25,26). The van der Waals surface area contributed by atoms with Crippen LogP contribution in [0.3, 0.4) is 0 Å². The van der Waals surface area contributed by atoms with E-state index in [9.17, 15) is 9.59 Å². The van der Waals surface area contributed by atoms with Gasteiger partial charge < -0.3 is 10.1 Å². The first kappa shape index (κ1) is 20.7. The molecule has 1 aromatic carbocycles. The second-order valence-corrected chi connectivity index (χ2v) is 7.82. The van der Waals surface area contributed by atoms with Gasteiger partial charge in [0.05, 0.1) is 6.61 Å². The number of anilines is 1. The Kier molecular flexibility index (Phi) is 6.77. The minimum atomic E-state index is -0.436. The van der Waals surface area contributed by atoms with Crippen molar-refractivity contribution >= 4 is 28.2 Å². The third-order valence-electron chi connectivity index (χ3n) is 4.51. The molecule has 0 spiro atoms. The van der Waals surface area contributed by atoms with Gasteiger partial charge >= 0.3 is 5.97 Å². The van der Waals surface area contributed by atoms with Crippen molar-refractivity contribution in [2.75, 3.05) is 11.9 Å². The quantitative estimate of drug-likeness (QED) is 0.524. The predicted molar refractivity (Wildman–Crippen MR) is 117 cm³/mol. The summed E-state index contributed by atoms with van der Waals surface area (Å²) in [6, 6.07) is 11.5. The number of rotatable bonds is 7. The molecule has 0 bridgehead atoms.